The molecule has 1 fully saturated rings. The van der Waals surface area contributed by atoms with Crippen molar-refractivity contribution in [3.8, 4) is 11.8 Å². The van der Waals surface area contributed by atoms with Gasteiger partial charge in [-0.2, -0.15) is 13.2 Å². The fourth-order valence-electron chi connectivity index (χ4n) is 2.08. The zero-order valence-electron chi connectivity index (χ0n) is 12.8. The van der Waals surface area contributed by atoms with Crippen LogP contribution in [-0.2, 0) is 15.8 Å². The Labute approximate surface area is 136 Å². The maximum absolute atomic E-state index is 12.4. The van der Waals surface area contributed by atoms with E-state index in [0.717, 1.165) is 17.0 Å². The van der Waals surface area contributed by atoms with Crippen LogP contribution in [-0.4, -0.2) is 40.2 Å². The standard InChI is InChI=1S/C16H13F3N2O3/c1-10(2)21-14(23)13(22)20(15(21)24)9-3-4-11-5-7-12(8-6-11)16(17,18)19/h5-8,10H,9H2,1-2H3. The molecule has 1 saturated heterocycles. The molecule has 4 amide bonds. The molecule has 126 valence electrons. The SMILES string of the molecule is CC(C)N1C(=O)C(=O)N(CC#Cc2ccc(C(F)(F)F)cc2)C1=O. The monoisotopic (exact) mass is 338 g/mol. The van der Waals surface area contributed by atoms with E-state index in [4.69, 9.17) is 0 Å². The Bertz CT molecular complexity index is 743. The summed E-state index contributed by atoms with van der Waals surface area (Å²) in [5, 5.41) is 0. The molecule has 1 aliphatic rings. The Morgan fingerprint density at radius 1 is 1.04 bits per heavy atom. The number of halogens is 3. The number of amides is 4. The van der Waals surface area contributed by atoms with Gasteiger partial charge in [-0.3, -0.25) is 14.5 Å². The number of hydrogen-bond donors (Lipinski definition) is 0. The zero-order valence-corrected chi connectivity index (χ0v) is 12.8. The summed E-state index contributed by atoms with van der Waals surface area (Å²) in [6.45, 7) is 2.88. The third-order valence-electron chi connectivity index (χ3n) is 3.28. The highest BCUT2D eigenvalue weighted by Gasteiger charge is 2.45. The molecule has 24 heavy (non-hydrogen) atoms. The molecular weight excluding hydrogens is 325 g/mol. The molecule has 0 spiro atoms. The van der Waals surface area contributed by atoms with Crippen LogP contribution in [0.4, 0.5) is 18.0 Å². The maximum Gasteiger partial charge on any atom is 0.416 e. The number of hydrogen-bond acceptors (Lipinski definition) is 3. The minimum atomic E-state index is -4.43. The minimum absolute atomic E-state index is 0.300. The molecule has 1 aromatic rings. The Balaban J connectivity index is 2.09. The second kappa shape index (κ2) is 6.35. The summed E-state index contributed by atoms with van der Waals surface area (Å²) in [4.78, 5) is 37.0. The third kappa shape index (κ3) is 3.40. The first-order valence-electron chi connectivity index (χ1n) is 6.98. The average molecular weight is 338 g/mol. The molecule has 0 aliphatic carbocycles. The van der Waals surface area contributed by atoms with E-state index < -0.39 is 35.6 Å². The summed E-state index contributed by atoms with van der Waals surface area (Å²) in [6.07, 6.45) is -4.43. The van der Waals surface area contributed by atoms with Gasteiger partial charge in [0.2, 0.25) is 0 Å². The van der Waals surface area contributed by atoms with Crippen molar-refractivity contribution in [2.24, 2.45) is 0 Å². The molecule has 0 N–H and O–H groups in total. The molecule has 8 heteroatoms. The van der Waals surface area contributed by atoms with Crippen molar-refractivity contribution in [2.45, 2.75) is 26.1 Å². The lowest BCUT2D eigenvalue weighted by Crippen LogP contribution is -2.38. The first-order valence-corrected chi connectivity index (χ1v) is 6.98. The van der Waals surface area contributed by atoms with E-state index in [2.05, 4.69) is 11.8 Å². The van der Waals surface area contributed by atoms with E-state index in [-0.39, 0.29) is 6.54 Å². The number of urea groups is 1. The van der Waals surface area contributed by atoms with E-state index in [9.17, 15) is 27.6 Å². The topological polar surface area (TPSA) is 57.7 Å². The van der Waals surface area contributed by atoms with Gasteiger partial charge < -0.3 is 0 Å². The molecular formula is C16H13F3N2O3. The second-order valence-electron chi connectivity index (χ2n) is 5.32. The molecule has 0 atom stereocenters. The molecule has 0 saturated carbocycles. The number of rotatable bonds is 2. The van der Waals surface area contributed by atoms with Gasteiger partial charge in [-0.15, -0.1) is 0 Å². The van der Waals surface area contributed by atoms with Gasteiger partial charge in [-0.25, -0.2) is 9.69 Å². The van der Waals surface area contributed by atoms with E-state index in [1.165, 1.54) is 12.1 Å². The van der Waals surface area contributed by atoms with Crippen molar-refractivity contribution in [1.82, 2.24) is 9.80 Å². The number of nitrogens with zero attached hydrogens (tertiary/aromatic N) is 2. The third-order valence-corrected chi connectivity index (χ3v) is 3.28. The summed E-state index contributed by atoms with van der Waals surface area (Å²) in [5.41, 5.74) is -0.495. The lowest BCUT2D eigenvalue weighted by molar-refractivity contribution is -0.143. The number of alkyl halides is 3. The Kier molecular flexibility index (Phi) is 4.64. The van der Waals surface area contributed by atoms with Crippen molar-refractivity contribution < 1.29 is 27.6 Å². The van der Waals surface area contributed by atoms with Crippen LogP contribution in [0.5, 0.6) is 0 Å². The lowest BCUT2D eigenvalue weighted by atomic mass is 10.1. The molecule has 2 rings (SSSR count). The van der Waals surface area contributed by atoms with Crippen molar-refractivity contribution in [3.05, 3.63) is 35.4 Å². The van der Waals surface area contributed by atoms with Gasteiger partial charge in [0.15, 0.2) is 0 Å². The fourth-order valence-corrected chi connectivity index (χ4v) is 2.08. The van der Waals surface area contributed by atoms with Crippen LogP contribution in [0.1, 0.15) is 25.0 Å². The molecule has 0 radical (unpaired) electrons. The van der Waals surface area contributed by atoms with Crippen LogP contribution in [0, 0.1) is 11.8 Å². The van der Waals surface area contributed by atoms with Crippen molar-refractivity contribution in [2.75, 3.05) is 6.54 Å². The predicted octanol–water partition coefficient (Wildman–Crippen LogP) is 2.26. The molecule has 1 aliphatic heterocycles. The van der Waals surface area contributed by atoms with Crippen molar-refractivity contribution >= 4 is 17.8 Å². The van der Waals surface area contributed by atoms with Crippen LogP contribution in [0.15, 0.2) is 24.3 Å². The molecule has 1 aromatic carbocycles. The number of carbonyl (C=O) groups excluding carboxylic acids is 3. The molecule has 0 bridgehead atoms. The molecule has 5 nitrogen and oxygen atoms in total. The number of benzene rings is 1. The largest absolute Gasteiger partial charge is 0.416 e. The van der Waals surface area contributed by atoms with E-state index >= 15 is 0 Å². The normalized spacial score (nSPS) is 15.2. The van der Waals surface area contributed by atoms with Gasteiger partial charge >= 0.3 is 24.0 Å². The van der Waals surface area contributed by atoms with Crippen LogP contribution in [0.25, 0.3) is 0 Å². The Morgan fingerprint density at radius 3 is 2.08 bits per heavy atom. The average Bonchev–Trinajstić information content (AvgIpc) is 2.70. The van der Waals surface area contributed by atoms with E-state index in [0.29, 0.717) is 10.5 Å². The summed E-state index contributed by atoms with van der Waals surface area (Å²) < 4.78 is 37.3. The number of imide groups is 2. The first-order chi connectivity index (χ1) is 11.1. The van der Waals surface area contributed by atoms with Gasteiger partial charge in [-0.1, -0.05) is 11.8 Å². The quantitative estimate of drug-likeness (QED) is 0.472. The summed E-state index contributed by atoms with van der Waals surface area (Å²) in [6, 6.07) is 2.95. The predicted molar refractivity (Wildman–Crippen MR) is 77.4 cm³/mol. The second-order valence-corrected chi connectivity index (χ2v) is 5.32. The highest BCUT2D eigenvalue weighted by atomic mass is 19.4. The van der Waals surface area contributed by atoms with Gasteiger partial charge in [0.25, 0.3) is 0 Å². The zero-order chi connectivity index (χ0) is 18.1. The van der Waals surface area contributed by atoms with Gasteiger partial charge in [0.1, 0.15) is 0 Å². The van der Waals surface area contributed by atoms with Crippen molar-refractivity contribution in [1.29, 1.82) is 0 Å². The minimum Gasteiger partial charge on any atom is -0.263 e. The van der Waals surface area contributed by atoms with Crippen LogP contribution < -0.4 is 0 Å². The summed E-state index contributed by atoms with van der Waals surface area (Å²) in [5.74, 6) is 3.20. The maximum atomic E-state index is 12.4. The molecule has 1 heterocycles. The number of carbonyl (C=O) groups is 3. The Morgan fingerprint density at radius 2 is 1.62 bits per heavy atom. The van der Waals surface area contributed by atoms with E-state index in [1.54, 1.807) is 13.8 Å². The van der Waals surface area contributed by atoms with Crippen LogP contribution >= 0.6 is 0 Å². The Hall–Kier alpha value is -2.82. The first kappa shape index (κ1) is 17.5. The highest BCUT2D eigenvalue weighted by molar-refractivity contribution is 6.44. The van der Waals surface area contributed by atoms with E-state index in [1.807, 2.05) is 0 Å². The summed E-state index contributed by atoms with van der Waals surface area (Å²) in [7, 11) is 0. The fraction of sp³-hybridized carbons (Fsp3) is 0.312. The van der Waals surface area contributed by atoms with Crippen LogP contribution in [0.3, 0.4) is 0 Å². The highest BCUT2D eigenvalue weighted by Crippen LogP contribution is 2.28. The molecule has 0 aromatic heterocycles. The van der Waals surface area contributed by atoms with Crippen LogP contribution in [0.2, 0.25) is 0 Å². The van der Waals surface area contributed by atoms with Gasteiger partial charge in [-0.05, 0) is 38.1 Å². The summed E-state index contributed by atoms with van der Waals surface area (Å²) >= 11 is 0. The van der Waals surface area contributed by atoms with Gasteiger partial charge in [0.05, 0.1) is 12.1 Å². The van der Waals surface area contributed by atoms with Crippen molar-refractivity contribution in [3.63, 3.8) is 0 Å². The van der Waals surface area contributed by atoms with Gasteiger partial charge in [0, 0.05) is 11.6 Å². The smallest absolute Gasteiger partial charge is 0.263 e. The lowest BCUT2D eigenvalue weighted by Gasteiger charge is -2.17. The molecule has 0 unspecified atom stereocenters.